The number of carbonyl (C=O) groups is 3. The quantitative estimate of drug-likeness (QED) is 0.545. The van der Waals surface area contributed by atoms with Crippen molar-refractivity contribution < 1.29 is 33.3 Å². The second-order valence-electron chi connectivity index (χ2n) is 7.25. The van der Waals surface area contributed by atoms with Crippen LogP contribution in [0.5, 0.6) is 0 Å². The molecule has 0 bridgehead atoms. The summed E-state index contributed by atoms with van der Waals surface area (Å²) in [4.78, 5) is 34.8. The van der Waals surface area contributed by atoms with Crippen molar-refractivity contribution in [1.82, 2.24) is 0 Å². The molecule has 7 nitrogen and oxygen atoms in total. The summed E-state index contributed by atoms with van der Waals surface area (Å²) in [7, 11) is 1.23. The number of aldehydes is 1. The standard InChI is InChI=1S/C19H26O7/c1-12-5-7-15(13(9-12)11-20)16(24-18(22)23-4)8-6-14-10-17(21)26-19(2,3)25-14/h6,8,10-13,15-16H,5,7,9H2,1-4H3/b8-6+/t12-,13+,15-,16-/m1/s1. The maximum absolute atomic E-state index is 11.6. The molecular formula is C19H26O7. The van der Waals surface area contributed by atoms with Gasteiger partial charge >= 0.3 is 12.1 Å². The van der Waals surface area contributed by atoms with Crippen LogP contribution >= 0.6 is 0 Å². The molecule has 7 heteroatoms. The van der Waals surface area contributed by atoms with Gasteiger partial charge in [0.05, 0.1) is 13.2 Å². The second kappa shape index (κ2) is 8.38. The number of rotatable bonds is 5. The number of esters is 1. The van der Waals surface area contributed by atoms with Gasteiger partial charge in [0.2, 0.25) is 5.79 Å². The van der Waals surface area contributed by atoms with Crippen molar-refractivity contribution in [2.45, 2.75) is 51.9 Å². The fraction of sp³-hybridized carbons (Fsp3) is 0.632. The van der Waals surface area contributed by atoms with Gasteiger partial charge in [-0.1, -0.05) is 13.3 Å². The van der Waals surface area contributed by atoms with E-state index < -0.39 is 24.0 Å². The van der Waals surface area contributed by atoms with Gasteiger partial charge < -0.3 is 23.7 Å². The molecule has 1 aliphatic heterocycles. The zero-order valence-electron chi connectivity index (χ0n) is 15.6. The molecule has 1 saturated carbocycles. The summed E-state index contributed by atoms with van der Waals surface area (Å²) in [6.45, 7) is 5.35. The average Bonchev–Trinajstić information content (AvgIpc) is 2.56. The fourth-order valence-corrected chi connectivity index (χ4v) is 3.44. The van der Waals surface area contributed by atoms with Gasteiger partial charge in [0.1, 0.15) is 18.1 Å². The summed E-state index contributed by atoms with van der Waals surface area (Å²) in [5.41, 5.74) is 0. The molecule has 2 aliphatic rings. The molecule has 0 aromatic heterocycles. The Balaban J connectivity index is 2.20. The number of cyclic esters (lactones) is 1. The minimum atomic E-state index is -1.07. The Bertz CT molecular complexity index is 605. The van der Waals surface area contributed by atoms with Crippen molar-refractivity contribution in [3.63, 3.8) is 0 Å². The smallest absolute Gasteiger partial charge is 0.453 e. The van der Waals surface area contributed by atoms with Crippen LogP contribution in [-0.2, 0) is 28.5 Å². The van der Waals surface area contributed by atoms with Gasteiger partial charge in [-0.2, -0.15) is 0 Å². The van der Waals surface area contributed by atoms with Crippen molar-refractivity contribution in [2.24, 2.45) is 17.8 Å². The number of methoxy groups -OCH3 is 1. The summed E-state index contributed by atoms with van der Waals surface area (Å²) >= 11 is 0. The van der Waals surface area contributed by atoms with E-state index in [1.807, 2.05) is 0 Å². The minimum Gasteiger partial charge on any atom is -0.453 e. The first-order chi connectivity index (χ1) is 12.2. The largest absolute Gasteiger partial charge is 0.508 e. The minimum absolute atomic E-state index is 0.150. The lowest BCUT2D eigenvalue weighted by Gasteiger charge is -2.35. The predicted molar refractivity (Wildman–Crippen MR) is 91.8 cm³/mol. The molecule has 1 aliphatic carbocycles. The summed E-state index contributed by atoms with van der Waals surface area (Å²) in [5, 5.41) is 0. The monoisotopic (exact) mass is 366 g/mol. The maximum atomic E-state index is 11.6. The molecule has 1 heterocycles. The van der Waals surface area contributed by atoms with Crippen LogP contribution in [0.15, 0.2) is 24.0 Å². The zero-order chi connectivity index (χ0) is 19.3. The predicted octanol–water partition coefficient (Wildman–Crippen LogP) is 3.14. The molecular weight excluding hydrogens is 340 g/mol. The molecule has 0 saturated heterocycles. The molecule has 26 heavy (non-hydrogen) atoms. The van der Waals surface area contributed by atoms with Gasteiger partial charge in [-0.25, -0.2) is 9.59 Å². The van der Waals surface area contributed by atoms with Gasteiger partial charge in [-0.05, 0) is 30.9 Å². The number of allylic oxidation sites excluding steroid dienone is 1. The molecule has 0 unspecified atom stereocenters. The molecule has 0 N–H and O–H groups in total. The van der Waals surface area contributed by atoms with Crippen LogP contribution in [-0.4, -0.2) is 37.4 Å². The molecule has 144 valence electrons. The second-order valence-corrected chi connectivity index (χ2v) is 7.25. The van der Waals surface area contributed by atoms with E-state index in [0.29, 0.717) is 11.7 Å². The molecule has 0 radical (unpaired) electrons. The van der Waals surface area contributed by atoms with Crippen molar-refractivity contribution >= 4 is 18.4 Å². The molecule has 4 atom stereocenters. The van der Waals surface area contributed by atoms with Gasteiger partial charge in [0, 0.05) is 25.7 Å². The van der Waals surface area contributed by atoms with Crippen LogP contribution in [0, 0.1) is 17.8 Å². The summed E-state index contributed by atoms with van der Waals surface area (Å²) in [6, 6.07) is 0. The molecule has 0 amide bonds. The van der Waals surface area contributed by atoms with Gasteiger partial charge in [0.25, 0.3) is 0 Å². The third-order valence-corrected chi connectivity index (χ3v) is 4.63. The van der Waals surface area contributed by atoms with Crippen molar-refractivity contribution in [1.29, 1.82) is 0 Å². The summed E-state index contributed by atoms with van der Waals surface area (Å²) in [6.07, 6.45) is 6.32. The van der Waals surface area contributed by atoms with E-state index in [1.165, 1.54) is 13.2 Å². The van der Waals surface area contributed by atoms with Crippen LogP contribution in [0.25, 0.3) is 0 Å². The first-order valence-corrected chi connectivity index (χ1v) is 8.76. The van der Waals surface area contributed by atoms with Gasteiger partial charge in [0.15, 0.2) is 0 Å². The van der Waals surface area contributed by atoms with E-state index in [9.17, 15) is 14.4 Å². The van der Waals surface area contributed by atoms with Crippen LogP contribution in [0.2, 0.25) is 0 Å². The lowest BCUT2D eigenvalue weighted by Crippen LogP contribution is -2.36. The lowest BCUT2D eigenvalue weighted by atomic mass is 9.73. The Morgan fingerprint density at radius 2 is 2.08 bits per heavy atom. The molecule has 1 fully saturated rings. The highest BCUT2D eigenvalue weighted by Crippen LogP contribution is 2.36. The average molecular weight is 366 g/mol. The topological polar surface area (TPSA) is 88.1 Å². The van der Waals surface area contributed by atoms with E-state index in [0.717, 1.165) is 25.5 Å². The van der Waals surface area contributed by atoms with Crippen LogP contribution in [0.3, 0.4) is 0 Å². The first kappa shape index (κ1) is 20.0. The highest BCUT2D eigenvalue weighted by Gasteiger charge is 2.36. The zero-order valence-corrected chi connectivity index (χ0v) is 15.6. The summed E-state index contributed by atoms with van der Waals surface area (Å²) in [5.74, 6) is -1.19. The summed E-state index contributed by atoms with van der Waals surface area (Å²) < 4.78 is 20.6. The van der Waals surface area contributed by atoms with Gasteiger partial charge in [-0.15, -0.1) is 0 Å². The Hall–Kier alpha value is -2.31. The van der Waals surface area contributed by atoms with E-state index in [2.05, 4.69) is 11.7 Å². The van der Waals surface area contributed by atoms with Crippen molar-refractivity contribution in [2.75, 3.05) is 7.11 Å². The third kappa shape index (κ3) is 5.34. The Labute approximate surface area is 153 Å². The number of hydrogen-bond acceptors (Lipinski definition) is 7. The molecule has 0 spiro atoms. The number of hydrogen-bond donors (Lipinski definition) is 0. The van der Waals surface area contributed by atoms with Crippen LogP contribution < -0.4 is 0 Å². The highest BCUT2D eigenvalue weighted by atomic mass is 16.7. The SMILES string of the molecule is COC(=O)O[C@H](/C=C/C1=CC(=O)OC(C)(C)O1)[C@@H]1CC[C@@H](C)C[C@H]1C=O. The fourth-order valence-electron chi connectivity index (χ4n) is 3.44. The Morgan fingerprint density at radius 3 is 2.69 bits per heavy atom. The number of ether oxygens (including phenoxy) is 4. The molecule has 2 rings (SSSR count). The van der Waals surface area contributed by atoms with Crippen molar-refractivity contribution in [3.05, 3.63) is 24.0 Å². The van der Waals surface area contributed by atoms with E-state index in [1.54, 1.807) is 26.0 Å². The normalized spacial score (nSPS) is 29.2. The number of carbonyl (C=O) groups excluding carboxylic acids is 3. The third-order valence-electron chi connectivity index (χ3n) is 4.63. The van der Waals surface area contributed by atoms with Gasteiger partial charge in [-0.3, -0.25) is 0 Å². The Kier molecular flexibility index (Phi) is 6.45. The molecule has 0 aromatic rings. The van der Waals surface area contributed by atoms with E-state index >= 15 is 0 Å². The molecule has 0 aromatic carbocycles. The first-order valence-electron chi connectivity index (χ1n) is 8.76. The highest BCUT2D eigenvalue weighted by molar-refractivity contribution is 5.84. The van der Waals surface area contributed by atoms with Crippen LogP contribution in [0.4, 0.5) is 4.79 Å². The Morgan fingerprint density at radius 1 is 1.35 bits per heavy atom. The van der Waals surface area contributed by atoms with Crippen molar-refractivity contribution in [3.8, 4) is 0 Å². The van der Waals surface area contributed by atoms with E-state index in [4.69, 9.17) is 14.2 Å². The van der Waals surface area contributed by atoms with Crippen LogP contribution in [0.1, 0.15) is 40.0 Å². The van der Waals surface area contributed by atoms with E-state index in [-0.39, 0.29) is 11.8 Å². The maximum Gasteiger partial charge on any atom is 0.508 e. The lowest BCUT2D eigenvalue weighted by molar-refractivity contribution is -0.203.